The second-order valence-electron chi connectivity index (χ2n) is 3.57. The zero-order valence-corrected chi connectivity index (χ0v) is 9.23. The zero-order valence-electron chi connectivity index (χ0n) is 8.48. The predicted molar refractivity (Wildman–Crippen MR) is 61.1 cm³/mol. The molecule has 1 aliphatic rings. The third-order valence-electron chi connectivity index (χ3n) is 2.61. The lowest BCUT2D eigenvalue weighted by molar-refractivity contribution is 0.0815. The molecule has 0 bridgehead atoms. The molecule has 0 N–H and O–H groups in total. The summed E-state index contributed by atoms with van der Waals surface area (Å²) in [4.78, 5) is 31.9. The summed E-state index contributed by atoms with van der Waals surface area (Å²) >= 11 is 5.93. The number of hydrogen-bond donors (Lipinski definition) is 0. The van der Waals surface area contributed by atoms with Gasteiger partial charge in [-0.1, -0.05) is 11.6 Å². The normalized spacial score (nSPS) is 13.2. The highest BCUT2D eigenvalue weighted by Gasteiger charge is 2.33. The standard InChI is InChI=1S/C12H5ClN2O2/c13-7-3-5-15-10-8(7)12(17)11(16)6-2-1-4-14-9(6)10/h1-5H. The first-order chi connectivity index (χ1) is 8.20. The van der Waals surface area contributed by atoms with E-state index in [1.165, 1.54) is 12.3 Å². The number of rotatable bonds is 0. The summed E-state index contributed by atoms with van der Waals surface area (Å²) in [5, 5.41) is 0.227. The third kappa shape index (κ3) is 1.31. The first-order valence-electron chi connectivity index (χ1n) is 4.89. The summed E-state index contributed by atoms with van der Waals surface area (Å²) in [5.74, 6) is -1.21. The van der Waals surface area contributed by atoms with Crippen LogP contribution in [0.1, 0.15) is 20.7 Å². The van der Waals surface area contributed by atoms with Gasteiger partial charge in [-0.2, -0.15) is 0 Å². The number of ketones is 2. The van der Waals surface area contributed by atoms with E-state index in [0.717, 1.165) is 0 Å². The van der Waals surface area contributed by atoms with Crippen LogP contribution in [-0.2, 0) is 0 Å². The van der Waals surface area contributed by atoms with E-state index in [2.05, 4.69) is 9.97 Å². The molecule has 5 heteroatoms. The number of carbonyl (C=O) groups excluding carboxylic acids is 2. The van der Waals surface area contributed by atoms with Crippen molar-refractivity contribution in [1.29, 1.82) is 0 Å². The van der Waals surface area contributed by atoms with Gasteiger partial charge in [0, 0.05) is 12.4 Å². The van der Waals surface area contributed by atoms with Crippen molar-refractivity contribution in [1.82, 2.24) is 9.97 Å². The highest BCUT2D eigenvalue weighted by Crippen LogP contribution is 2.33. The van der Waals surface area contributed by atoms with E-state index < -0.39 is 11.6 Å². The van der Waals surface area contributed by atoms with Gasteiger partial charge in [-0.15, -0.1) is 0 Å². The quantitative estimate of drug-likeness (QED) is 0.667. The van der Waals surface area contributed by atoms with E-state index in [1.807, 2.05) is 0 Å². The molecule has 0 unspecified atom stereocenters. The molecule has 1 aliphatic carbocycles. The van der Waals surface area contributed by atoms with Crippen molar-refractivity contribution in [2.24, 2.45) is 0 Å². The molecular weight excluding hydrogens is 240 g/mol. The van der Waals surface area contributed by atoms with Gasteiger partial charge in [0.2, 0.25) is 11.6 Å². The van der Waals surface area contributed by atoms with Crippen LogP contribution in [0.3, 0.4) is 0 Å². The van der Waals surface area contributed by atoms with Crippen molar-refractivity contribution in [3.05, 3.63) is 46.7 Å². The molecule has 0 amide bonds. The average molecular weight is 245 g/mol. The molecule has 0 radical (unpaired) electrons. The van der Waals surface area contributed by atoms with E-state index in [4.69, 9.17) is 11.6 Å². The SMILES string of the molecule is O=C1C(=O)c2c(Cl)ccnc2-c2ncccc21. The predicted octanol–water partition coefficient (Wildman–Crippen LogP) is 2.18. The Morgan fingerprint density at radius 3 is 2.53 bits per heavy atom. The van der Waals surface area contributed by atoms with Gasteiger partial charge in [0.15, 0.2) is 0 Å². The molecule has 17 heavy (non-hydrogen) atoms. The molecular formula is C12H5ClN2O2. The van der Waals surface area contributed by atoms with Gasteiger partial charge in [-0.25, -0.2) is 0 Å². The lowest BCUT2D eigenvalue weighted by Gasteiger charge is -2.15. The maximum absolute atomic E-state index is 11.9. The van der Waals surface area contributed by atoms with E-state index in [0.29, 0.717) is 11.4 Å². The highest BCUT2D eigenvalue weighted by atomic mass is 35.5. The smallest absolute Gasteiger partial charge is 0.237 e. The Morgan fingerprint density at radius 1 is 0.941 bits per heavy atom. The minimum absolute atomic E-state index is 0.144. The molecule has 2 aromatic heterocycles. The molecule has 3 rings (SSSR count). The Kier molecular flexibility index (Phi) is 2.06. The van der Waals surface area contributed by atoms with Gasteiger partial charge in [0.1, 0.15) is 11.4 Å². The minimum atomic E-state index is -0.626. The van der Waals surface area contributed by atoms with Gasteiger partial charge in [-0.3, -0.25) is 19.6 Å². The van der Waals surface area contributed by atoms with Crippen LogP contribution in [-0.4, -0.2) is 21.5 Å². The Morgan fingerprint density at radius 2 is 1.71 bits per heavy atom. The summed E-state index contributed by atoms with van der Waals surface area (Å²) < 4.78 is 0. The van der Waals surface area contributed by atoms with Gasteiger partial charge in [0.25, 0.3) is 0 Å². The molecule has 0 saturated heterocycles. The van der Waals surface area contributed by atoms with E-state index in [9.17, 15) is 9.59 Å². The summed E-state index contributed by atoms with van der Waals surface area (Å²) in [6, 6.07) is 4.66. The Labute approximate surface area is 101 Å². The number of pyridine rings is 2. The topological polar surface area (TPSA) is 59.9 Å². The lowest BCUT2D eigenvalue weighted by atomic mass is 9.90. The lowest BCUT2D eigenvalue weighted by Crippen LogP contribution is -2.23. The van der Waals surface area contributed by atoms with Crippen molar-refractivity contribution in [2.45, 2.75) is 0 Å². The second-order valence-corrected chi connectivity index (χ2v) is 3.98. The first-order valence-corrected chi connectivity index (χ1v) is 5.27. The fourth-order valence-corrected chi connectivity index (χ4v) is 2.08. The summed E-state index contributed by atoms with van der Waals surface area (Å²) in [7, 11) is 0. The van der Waals surface area contributed by atoms with E-state index in [-0.39, 0.29) is 16.1 Å². The molecule has 0 saturated carbocycles. The van der Waals surface area contributed by atoms with Crippen LogP contribution in [0, 0.1) is 0 Å². The number of aromatic nitrogens is 2. The van der Waals surface area contributed by atoms with Crippen LogP contribution >= 0.6 is 11.6 Å². The zero-order chi connectivity index (χ0) is 12.0. The fourth-order valence-electron chi connectivity index (χ4n) is 1.85. The van der Waals surface area contributed by atoms with Crippen LogP contribution in [0.4, 0.5) is 0 Å². The number of halogens is 1. The van der Waals surface area contributed by atoms with Crippen LogP contribution in [0.5, 0.6) is 0 Å². The fraction of sp³-hybridized carbons (Fsp3) is 0. The molecule has 4 nitrogen and oxygen atoms in total. The summed E-state index contributed by atoms with van der Waals surface area (Å²) in [5.41, 5.74) is 1.21. The van der Waals surface area contributed by atoms with Gasteiger partial charge in [0.05, 0.1) is 16.1 Å². The molecule has 2 aromatic rings. The van der Waals surface area contributed by atoms with Crippen LogP contribution in [0.25, 0.3) is 11.4 Å². The van der Waals surface area contributed by atoms with Gasteiger partial charge >= 0.3 is 0 Å². The van der Waals surface area contributed by atoms with E-state index >= 15 is 0 Å². The number of carbonyl (C=O) groups is 2. The molecule has 0 aliphatic heterocycles. The second kappa shape index (κ2) is 3.46. The highest BCUT2D eigenvalue weighted by molar-refractivity contribution is 6.55. The molecule has 0 spiro atoms. The monoisotopic (exact) mass is 244 g/mol. The number of Topliss-reactive ketones (excluding diaryl/α,β-unsaturated/α-hetero) is 2. The van der Waals surface area contributed by atoms with Crippen LogP contribution < -0.4 is 0 Å². The minimum Gasteiger partial charge on any atom is -0.285 e. The number of nitrogens with zero attached hydrogens (tertiary/aromatic N) is 2. The molecule has 0 fully saturated rings. The maximum atomic E-state index is 11.9. The molecule has 0 aromatic carbocycles. The van der Waals surface area contributed by atoms with Crippen molar-refractivity contribution in [2.75, 3.05) is 0 Å². The molecule has 82 valence electrons. The Hall–Kier alpha value is -2.07. The van der Waals surface area contributed by atoms with Crippen molar-refractivity contribution in [3.63, 3.8) is 0 Å². The molecule has 2 heterocycles. The van der Waals surface area contributed by atoms with Crippen molar-refractivity contribution < 1.29 is 9.59 Å². The first kappa shape index (κ1) is 10.1. The van der Waals surface area contributed by atoms with Crippen LogP contribution in [0.15, 0.2) is 30.6 Å². The van der Waals surface area contributed by atoms with Gasteiger partial charge < -0.3 is 0 Å². The van der Waals surface area contributed by atoms with Gasteiger partial charge in [-0.05, 0) is 18.2 Å². The maximum Gasteiger partial charge on any atom is 0.237 e. The Bertz CT molecular complexity index is 667. The molecule has 0 atom stereocenters. The summed E-state index contributed by atoms with van der Waals surface area (Å²) in [6.07, 6.45) is 3.04. The summed E-state index contributed by atoms with van der Waals surface area (Å²) in [6.45, 7) is 0. The van der Waals surface area contributed by atoms with Crippen molar-refractivity contribution in [3.8, 4) is 11.4 Å². The van der Waals surface area contributed by atoms with Crippen molar-refractivity contribution >= 4 is 23.2 Å². The number of fused-ring (bicyclic) bond motifs is 3. The van der Waals surface area contributed by atoms with E-state index in [1.54, 1.807) is 18.3 Å². The number of hydrogen-bond acceptors (Lipinski definition) is 4. The largest absolute Gasteiger partial charge is 0.285 e. The van der Waals surface area contributed by atoms with Crippen LogP contribution in [0.2, 0.25) is 5.02 Å². The Balaban J connectivity index is 2.44. The average Bonchev–Trinajstić information content (AvgIpc) is 2.36. The third-order valence-corrected chi connectivity index (χ3v) is 2.93.